The van der Waals surface area contributed by atoms with Crippen molar-refractivity contribution in [3.8, 4) is 0 Å². The van der Waals surface area contributed by atoms with Gasteiger partial charge in [0.1, 0.15) is 11.3 Å². The first-order valence-electron chi connectivity index (χ1n) is 5.74. The van der Waals surface area contributed by atoms with E-state index in [1.165, 1.54) is 6.33 Å². The lowest BCUT2D eigenvalue weighted by Crippen LogP contribution is -2.16. The van der Waals surface area contributed by atoms with Crippen molar-refractivity contribution in [3.63, 3.8) is 0 Å². The second-order valence-corrected chi connectivity index (χ2v) is 4.78. The number of nitrogens with one attached hydrogen (secondary N) is 1. The summed E-state index contributed by atoms with van der Waals surface area (Å²) < 4.78 is 5.44. The molecule has 1 unspecified atom stereocenters. The predicted octanol–water partition coefficient (Wildman–Crippen LogP) is 2.68. The molecule has 1 aliphatic heterocycles. The number of halogens is 2. The molecule has 7 heteroatoms. The number of aromatic nitrogens is 2. The summed E-state index contributed by atoms with van der Waals surface area (Å²) in [7, 11) is 0. The normalized spacial score (nSPS) is 18.9. The summed E-state index contributed by atoms with van der Waals surface area (Å²) in [5.41, 5.74) is 0. The monoisotopic (exact) mass is 289 g/mol. The van der Waals surface area contributed by atoms with Crippen molar-refractivity contribution in [1.29, 1.82) is 0 Å². The molecule has 98 valence electrons. The third-order valence-electron chi connectivity index (χ3n) is 2.72. The summed E-state index contributed by atoms with van der Waals surface area (Å²) in [6.07, 6.45) is 4.63. The Labute approximate surface area is 115 Å². The van der Waals surface area contributed by atoms with Gasteiger partial charge >= 0.3 is 0 Å². The second kappa shape index (κ2) is 6.31. The van der Waals surface area contributed by atoms with E-state index in [0.717, 1.165) is 19.4 Å². The van der Waals surface area contributed by atoms with Gasteiger partial charge in [0.05, 0.1) is 6.10 Å². The van der Waals surface area contributed by atoms with Crippen molar-refractivity contribution in [2.75, 3.05) is 11.9 Å². The van der Waals surface area contributed by atoms with Gasteiger partial charge in [-0.3, -0.25) is 4.79 Å². The van der Waals surface area contributed by atoms with Crippen LogP contribution in [0.2, 0.25) is 10.2 Å². The van der Waals surface area contributed by atoms with Crippen molar-refractivity contribution in [2.24, 2.45) is 0 Å². The van der Waals surface area contributed by atoms with Crippen LogP contribution in [-0.2, 0) is 9.53 Å². The molecule has 1 aromatic rings. The molecule has 0 aliphatic carbocycles. The van der Waals surface area contributed by atoms with E-state index in [2.05, 4.69) is 15.3 Å². The number of carbonyl (C=O) groups excluding carboxylic acids is 1. The molecular formula is C11H13Cl2N3O2. The summed E-state index contributed by atoms with van der Waals surface area (Å²) in [5.74, 6) is 0.0937. The zero-order valence-corrected chi connectivity index (χ0v) is 11.2. The van der Waals surface area contributed by atoms with Gasteiger partial charge < -0.3 is 10.1 Å². The van der Waals surface area contributed by atoms with Crippen LogP contribution in [-0.4, -0.2) is 28.6 Å². The maximum Gasteiger partial charge on any atom is 0.225 e. The van der Waals surface area contributed by atoms with Crippen LogP contribution >= 0.6 is 23.2 Å². The van der Waals surface area contributed by atoms with E-state index in [-0.39, 0.29) is 28.0 Å². The quantitative estimate of drug-likeness (QED) is 0.866. The minimum absolute atomic E-state index is 0.126. The van der Waals surface area contributed by atoms with Crippen LogP contribution in [0.15, 0.2) is 6.33 Å². The molecule has 1 atom stereocenters. The molecule has 0 spiro atoms. The lowest BCUT2D eigenvalue weighted by atomic mass is 10.1. The molecule has 1 aliphatic rings. The van der Waals surface area contributed by atoms with Gasteiger partial charge in [-0.2, -0.15) is 0 Å². The second-order valence-electron chi connectivity index (χ2n) is 4.05. The van der Waals surface area contributed by atoms with Crippen molar-refractivity contribution in [2.45, 2.75) is 31.8 Å². The average molecular weight is 290 g/mol. The Morgan fingerprint density at radius 2 is 2.33 bits per heavy atom. The largest absolute Gasteiger partial charge is 0.378 e. The molecule has 0 bridgehead atoms. The van der Waals surface area contributed by atoms with E-state index in [1.54, 1.807) is 0 Å². The molecule has 1 saturated heterocycles. The smallest absolute Gasteiger partial charge is 0.225 e. The van der Waals surface area contributed by atoms with Crippen molar-refractivity contribution in [3.05, 3.63) is 16.5 Å². The molecule has 2 heterocycles. The van der Waals surface area contributed by atoms with Crippen LogP contribution in [0.25, 0.3) is 0 Å². The van der Waals surface area contributed by atoms with Gasteiger partial charge in [-0.1, -0.05) is 23.2 Å². The van der Waals surface area contributed by atoms with Crippen molar-refractivity contribution >= 4 is 34.9 Å². The number of hydrogen-bond donors (Lipinski definition) is 1. The molecule has 1 aromatic heterocycles. The van der Waals surface area contributed by atoms with Crippen molar-refractivity contribution < 1.29 is 9.53 Å². The standard InChI is InChI=1S/C11H13Cl2N3O2/c12-9-10(13)14-6-15-11(9)16-8(17)4-3-7-2-1-5-18-7/h6-7H,1-5H2,(H,14,15,16,17). The maximum atomic E-state index is 11.7. The zero-order valence-electron chi connectivity index (χ0n) is 9.66. The molecule has 18 heavy (non-hydrogen) atoms. The highest BCUT2D eigenvalue weighted by molar-refractivity contribution is 6.42. The van der Waals surface area contributed by atoms with E-state index in [0.29, 0.717) is 12.8 Å². The lowest BCUT2D eigenvalue weighted by Gasteiger charge is -2.09. The average Bonchev–Trinajstić information content (AvgIpc) is 2.86. The fourth-order valence-electron chi connectivity index (χ4n) is 1.79. The Morgan fingerprint density at radius 1 is 1.50 bits per heavy atom. The van der Waals surface area contributed by atoms with Crippen LogP contribution in [0, 0.1) is 0 Å². The van der Waals surface area contributed by atoms with Crippen LogP contribution in [0.1, 0.15) is 25.7 Å². The maximum absolute atomic E-state index is 11.7. The molecule has 2 rings (SSSR count). The Kier molecular flexibility index (Phi) is 4.74. The van der Waals surface area contributed by atoms with E-state index in [4.69, 9.17) is 27.9 Å². The molecule has 0 radical (unpaired) electrons. The first-order valence-corrected chi connectivity index (χ1v) is 6.50. The summed E-state index contributed by atoms with van der Waals surface area (Å²) in [6.45, 7) is 0.791. The Morgan fingerprint density at radius 3 is 3.06 bits per heavy atom. The number of carbonyl (C=O) groups is 1. The number of nitrogens with zero attached hydrogens (tertiary/aromatic N) is 2. The summed E-state index contributed by atoms with van der Waals surface area (Å²) >= 11 is 11.6. The van der Waals surface area contributed by atoms with Crippen LogP contribution in [0.4, 0.5) is 5.82 Å². The number of ether oxygens (including phenoxy) is 1. The SMILES string of the molecule is O=C(CCC1CCCO1)Nc1ncnc(Cl)c1Cl. The molecule has 1 amide bonds. The fraction of sp³-hybridized carbons (Fsp3) is 0.545. The topological polar surface area (TPSA) is 64.1 Å². The zero-order chi connectivity index (χ0) is 13.0. The minimum Gasteiger partial charge on any atom is -0.378 e. The first kappa shape index (κ1) is 13.5. The number of hydrogen-bond acceptors (Lipinski definition) is 4. The number of rotatable bonds is 4. The Balaban J connectivity index is 1.84. The van der Waals surface area contributed by atoms with Gasteiger partial charge in [0, 0.05) is 13.0 Å². The van der Waals surface area contributed by atoms with Gasteiger partial charge in [-0.15, -0.1) is 0 Å². The Bertz CT molecular complexity index is 436. The van der Waals surface area contributed by atoms with E-state index >= 15 is 0 Å². The first-order chi connectivity index (χ1) is 8.66. The van der Waals surface area contributed by atoms with Gasteiger partial charge in [0.15, 0.2) is 11.0 Å². The number of amides is 1. The van der Waals surface area contributed by atoms with Crippen LogP contribution < -0.4 is 5.32 Å². The lowest BCUT2D eigenvalue weighted by molar-refractivity contribution is -0.116. The van der Waals surface area contributed by atoms with Gasteiger partial charge in [0.2, 0.25) is 5.91 Å². The molecule has 1 N–H and O–H groups in total. The van der Waals surface area contributed by atoms with E-state index in [1.807, 2.05) is 0 Å². The van der Waals surface area contributed by atoms with Gasteiger partial charge in [-0.25, -0.2) is 9.97 Å². The molecule has 0 aromatic carbocycles. The molecule has 0 saturated carbocycles. The van der Waals surface area contributed by atoms with E-state index in [9.17, 15) is 4.79 Å². The predicted molar refractivity (Wildman–Crippen MR) is 68.9 cm³/mol. The minimum atomic E-state index is -0.151. The Hall–Kier alpha value is -0.910. The highest BCUT2D eigenvalue weighted by atomic mass is 35.5. The molecule has 1 fully saturated rings. The van der Waals surface area contributed by atoms with Crippen LogP contribution in [0.3, 0.4) is 0 Å². The summed E-state index contributed by atoms with van der Waals surface area (Å²) in [6, 6.07) is 0. The van der Waals surface area contributed by atoms with Gasteiger partial charge in [0.25, 0.3) is 0 Å². The number of anilines is 1. The summed E-state index contributed by atoms with van der Waals surface area (Å²) in [4.78, 5) is 19.3. The van der Waals surface area contributed by atoms with Crippen LogP contribution in [0.5, 0.6) is 0 Å². The third kappa shape index (κ3) is 3.54. The van der Waals surface area contributed by atoms with Gasteiger partial charge in [-0.05, 0) is 19.3 Å². The van der Waals surface area contributed by atoms with E-state index < -0.39 is 0 Å². The molecule has 5 nitrogen and oxygen atoms in total. The highest BCUT2D eigenvalue weighted by Crippen LogP contribution is 2.25. The fourth-order valence-corrected chi connectivity index (χ4v) is 2.07. The molecular weight excluding hydrogens is 277 g/mol. The van der Waals surface area contributed by atoms with Crippen molar-refractivity contribution in [1.82, 2.24) is 9.97 Å². The highest BCUT2D eigenvalue weighted by Gasteiger charge is 2.17. The third-order valence-corrected chi connectivity index (χ3v) is 3.46. The summed E-state index contributed by atoms with van der Waals surface area (Å²) in [5, 5.41) is 2.90.